The molecule has 0 aliphatic carbocycles. The minimum absolute atomic E-state index is 0.0458. The minimum Gasteiger partial charge on any atom is -0.392 e. The van der Waals surface area contributed by atoms with Crippen molar-refractivity contribution in [2.24, 2.45) is 13.0 Å². The first-order valence-electron chi connectivity index (χ1n) is 7.25. The highest BCUT2D eigenvalue weighted by atomic mass is 16.3. The summed E-state index contributed by atoms with van der Waals surface area (Å²) in [6.45, 7) is 9.82. The summed E-state index contributed by atoms with van der Waals surface area (Å²) in [4.78, 5) is 12.0. The van der Waals surface area contributed by atoms with Crippen molar-refractivity contribution < 1.29 is 9.90 Å². The van der Waals surface area contributed by atoms with E-state index in [2.05, 4.69) is 10.4 Å². The maximum absolute atomic E-state index is 12.0. The molecule has 1 amide bonds. The number of hydrogen-bond donors (Lipinski definition) is 2. The Morgan fingerprint density at radius 2 is 2.00 bits per heavy atom. The van der Waals surface area contributed by atoms with Gasteiger partial charge in [-0.15, -0.1) is 0 Å². The summed E-state index contributed by atoms with van der Waals surface area (Å²) >= 11 is 0. The molecule has 2 unspecified atom stereocenters. The van der Waals surface area contributed by atoms with Gasteiger partial charge in [0.25, 0.3) is 0 Å². The zero-order chi connectivity index (χ0) is 15.4. The Hall–Kier alpha value is -1.36. The van der Waals surface area contributed by atoms with E-state index in [1.54, 1.807) is 0 Å². The first kappa shape index (κ1) is 16.7. The van der Waals surface area contributed by atoms with Crippen LogP contribution in [0, 0.1) is 19.8 Å². The van der Waals surface area contributed by atoms with Crippen LogP contribution in [0.4, 0.5) is 0 Å². The van der Waals surface area contributed by atoms with Crippen LogP contribution in [-0.2, 0) is 11.8 Å². The number of rotatable bonds is 6. The van der Waals surface area contributed by atoms with Gasteiger partial charge in [0.05, 0.1) is 24.3 Å². The molecule has 1 heterocycles. The van der Waals surface area contributed by atoms with E-state index in [0.717, 1.165) is 23.4 Å². The van der Waals surface area contributed by atoms with E-state index in [-0.39, 0.29) is 24.3 Å². The van der Waals surface area contributed by atoms with Gasteiger partial charge in [0, 0.05) is 18.3 Å². The molecule has 1 aromatic rings. The summed E-state index contributed by atoms with van der Waals surface area (Å²) < 4.78 is 1.84. The van der Waals surface area contributed by atoms with Gasteiger partial charge in [-0.05, 0) is 26.2 Å². The van der Waals surface area contributed by atoms with Crippen LogP contribution in [0.1, 0.15) is 56.6 Å². The van der Waals surface area contributed by atoms with Gasteiger partial charge >= 0.3 is 0 Å². The Bertz CT molecular complexity index is 466. The van der Waals surface area contributed by atoms with E-state index in [1.807, 2.05) is 46.3 Å². The van der Waals surface area contributed by atoms with E-state index in [4.69, 9.17) is 0 Å². The van der Waals surface area contributed by atoms with Gasteiger partial charge in [0.1, 0.15) is 0 Å². The summed E-state index contributed by atoms with van der Waals surface area (Å²) in [5.74, 6) is -0.0246. The standard InChI is InChI=1S/C15H27N3O2/c1-7-12(15-10(4)17-18(6)11(15)5)16-14(20)8-13(19)9(2)3/h9,12-13,19H,7-8H2,1-6H3,(H,16,20). The Morgan fingerprint density at radius 3 is 2.40 bits per heavy atom. The lowest BCUT2D eigenvalue weighted by Crippen LogP contribution is -2.32. The second-order valence-electron chi connectivity index (χ2n) is 5.75. The van der Waals surface area contributed by atoms with E-state index >= 15 is 0 Å². The van der Waals surface area contributed by atoms with Crippen LogP contribution in [0.15, 0.2) is 0 Å². The molecular formula is C15H27N3O2. The molecule has 0 bridgehead atoms. The summed E-state index contributed by atoms with van der Waals surface area (Å²) in [6.07, 6.45) is 0.354. The lowest BCUT2D eigenvalue weighted by atomic mass is 10.0. The number of nitrogens with zero attached hydrogens (tertiary/aromatic N) is 2. The highest BCUT2D eigenvalue weighted by molar-refractivity contribution is 5.77. The molecule has 5 nitrogen and oxygen atoms in total. The number of amides is 1. The lowest BCUT2D eigenvalue weighted by molar-refractivity contribution is -0.124. The molecule has 1 rings (SSSR count). The largest absolute Gasteiger partial charge is 0.392 e. The molecule has 1 aromatic heterocycles. The van der Waals surface area contributed by atoms with Gasteiger partial charge in [0.2, 0.25) is 5.91 Å². The smallest absolute Gasteiger partial charge is 0.223 e. The van der Waals surface area contributed by atoms with Crippen molar-refractivity contribution in [2.75, 3.05) is 0 Å². The predicted molar refractivity (Wildman–Crippen MR) is 79.3 cm³/mol. The molecule has 0 radical (unpaired) electrons. The molecule has 114 valence electrons. The number of aliphatic hydroxyl groups is 1. The molecule has 0 aliphatic rings. The number of nitrogens with one attached hydrogen (secondary N) is 1. The van der Waals surface area contributed by atoms with Gasteiger partial charge in [-0.1, -0.05) is 20.8 Å². The van der Waals surface area contributed by atoms with Crippen molar-refractivity contribution >= 4 is 5.91 Å². The minimum atomic E-state index is -0.594. The topological polar surface area (TPSA) is 67.2 Å². The summed E-state index contributed by atoms with van der Waals surface area (Å²) in [5, 5.41) is 17.2. The van der Waals surface area contributed by atoms with Crippen LogP contribution < -0.4 is 5.32 Å². The Balaban J connectivity index is 2.80. The number of aliphatic hydroxyl groups excluding tert-OH is 1. The van der Waals surface area contributed by atoms with E-state index < -0.39 is 6.10 Å². The van der Waals surface area contributed by atoms with Crippen LogP contribution >= 0.6 is 0 Å². The normalized spacial score (nSPS) is 14.4. The van der Waals surface area contributed by atoms with Crippen LogP contribution in [0.5, 0.6) is 0 Å². The molecule has 0 saturated carbocycles. The average molecular weight is 281 g/mol. The molecule has 2 atom stereocenters. The second-order valence-corrected chi connectivity index (χ2v) is 5.75. The number of aryl methyl sites for hydroxylation is 2. The molecule has 0 fully saturated rings. The third-order valence-electron chi connectivity index (χ3n) is 3.82. The maximum Gasteiger partial charge on any atom is 0.223 e. The SMILES string of the molecule is CCC(NC(=O)CC(O)C(C)C)c1c(C)nn(C)c1C. The van der Waals surface area contributed by atoms with E-state index in [0.29, 0.717) is 0 Å². The Kier molecular flexibility index (Phi) is 5.74. The second kappa shape index (κ2) is 6.88. The first-order chi connectivity index (χ1) is 9.27. The van der Waals surface area contributed by atoms with E-state index in [1.165, 1.54) is 0 Å². The first-order valence-corrected chi connectivity index (χ1v) is 7.25. The van der Waals surface area contributed by atoms with Gasteiger partial charge in [-0.25, -0.2) is 0 Å². The molecule has 0 aromatic carbocycles. The monoisotopic (exact) mass is 281 g/mol. The third kappa shape index (κ3) is 3.82. The Morgan fingerprint density at radius 1 is 1.40 bits per heavy atom. The van der Waals surface area contributed by atoms with Crippen molar-refractivity contribution in [3.63, 3.8) is 0 Å². The summed E-state index contributed by atoms with van der Waals surface area (Å²) in [7, 11) is 1.91. The van der Waals surface area contributed by atoms with Crippen molar-refractivity contribution in [3.8, 4) is 0 Å². The van der Waals surface area contributed by atoms with Crippen LogP contribution in [0.2, 0.25) is 0 Å². The van der Waals surface area contributed by atoms with Crippen LogP contribution in [-0.4, -0.2) is 26.9 Å². The van der Waals surface area contributed by atoms with Gasteiger partial charge < -0.3 is 10.4 Å². The van der Waals surface area contributed by atoms with Crippen molar-refractivity contribution in [2.45, 2.75) is 59.6 Å². The zero-order valence-electron chi connectivity index (χ0n) is 13.4. The number of hydrogen-bond acceptors (Lipinski definition) is 3. The molecule has 0 saturated heterocycles. The molecular weight excluding hydrogens is 254 g/mol. The fourth-order valence-corrected chi connectivity index (χ4v) is 2.35. The molecule has 5 heteroatoms. The van der Waals surface area contributed by atoms with Gasteiger partial charge in [-0.3, -0.25) is 9.48 Å². The van der Waals surface area contributed by atoms with Crippen molar-refractivity contribution in [1.29, 1.82) is 0 Å². The number of carbonyl (C=O) groups is 1. The molecule has 2 N–H and O–H groups in total. The summed E-state index contributed by atoms with van der Waals surface area (Å²) in [6, 6.07) is -0.0458. The lowest BCUT2D eigenvalue weighted by Gasteiger charge is -2.20. The quantitative estimate of drug-likeness (QED) is 0.838. The maximum atomic E-state index is 12.0. The van der Waals surface area contributed by atoms with Crippen molar-refractivity contribution in [1.82, 2.24) is 15.1 Å². The fraction of sp³-hybridized carbons (Fsp3) is 0.733. The van der Waals surface area contributed by atoms with Gasteiger partial charge in [-0.2, -0.15) is 5.10 Å². The van der Waals surface area contributed by atoms with Gasteiger partial charge in [0.15, 0.2) is 0 Å². The highest BCUT2D eigenvalue weighted by Crippen LogP contribution is 2.24. The highest BCUT2D eigenvalue weighted by Gasteiger charge is 2.22. The summed E-state index contributed by atoms with van der Waals surface area (Å²) in [5.41, 5.74) is 3.10. The van der Waals surface area contributed by atoms with Crippen molar-refractivity contribution in [3.05, 3.63) is 17.0 Å². The molecule has 0 spiro atoms. The predicted octanol–water partition coefficient (Wildman–Crippen LogP) is 2.01. The Labute approximate surface area is 121 Å². The molecule has 20 heavy (non-hydrogen) atoms. The van der Waals surface area contributed by atoms with Crippen LogP contribution in [0.3, 0.4) is 0 Å². The zero-order valence-corrected chi connectivity index (χ0v) is 13.4. The third-order valence-corrected chi connectivity index (χ3v) is 3.82. The number of carbonyl (C=O) groups excluding carboxylic acids is 1. The van der Waals surface area contributed by atoms with E-state index in [9.17, 15) is 9.90 Å². The number of aromatic nitrogens is 2. The molecule has 0 aliphatic heterocycles. The average Bonchev–Trinajstić information content (AvgIpc) is 2.60. The van der Waals surface area contributed by atoms with Crippen LogP contribution in [0.25, 0.3) is 0 Å². The fourth-order valence-electron chi connectivity index (χ4n) is 2.35.